The van der Waals surface area contributed by atoms with Crippen LogP contribution >= 0.6 is 12.2 Å². The number of nitrogens with one attached hydrogen (secondary N) is 2. The van der Waals surface area contributed by atoms with E-state index < -0.39 is 83.6 Å². The van der Waals surface area contributed by atoms with Crippen LogP contribution in [0.25, 0.3) is 0 Å². The van der Waals surface area contributed by atoms with Gasteiger partial charge in [0.25, 0.3) is 10.1 Å². The second kappa shape index (κ2) is 12.1. The van der Waals surface area contributed by atoms with Gasteiger partial charge in [0, 0.05) is 5.69 Å². The van der Waals surface area contributed by atoms with Gasteiger partial charge in [-0.2, -0.15) is 47.9 Å². The van der Waals surface area contributed by atoms with E-state index in [1.54, 1.807) is 13.8 Å². The molecule has 44 heavy (non-hydrogen) atoms. The van der Waals surface area contributed by atoms with E-state index in [9.17, 15) is 52.5 Å². The van der Waals surface area contributed by atoms with Crippen LogP contribution in [0.5, 0.6) is 11.5 Å². The molecule has 3 rings (SSSR count). The Morgan fingerprint density at radius 1 is 0.750 bits per heavy atom. The highest BCUT2D eigenvalue weighted by molar-refractivity contribution is 7.86. The van der Waals surface area contributed by atoms with Crippen molar-refractivity contribution < 1.29 is 57.2 Å². The normalized spacial score (nSPS) is 13.0. The summed E-state index contributed by atoms with van der Waals surface area (Å²) in [4.78, 5) is -0.716. The van der Waals surface area contributed by atoms with Gasteiger partial charge in [0.2, 0.25) is 0 Å². The van der Waals surface area contributed by atoms with Crippen molar-refractivity contribution in [3.63, 3.8) is 0 Å². The van der Waals surface area contributed by atoms with Gasteiger partial charge in [-0.1, -0.05) is 26.8 Å². The highest BCUT2D eigenvalue weighted by Crippen LogP contribution is 2.41. The Labute approximate surface area is 251 Å². The van der Waals surface area contributed by atoms with Gasteiger partial charge in [0.15, 0.2) is 10.9 Å². The highest BCUT2D eigenvalue weighted by Gasteiger charge is 2.37. The minimum absolute atomic E-state index is 0.125. The third-order valence-corrected chi connectivity index (χ3v) is 7.59. The lowest BCUT2D eigenvalue weighted by atomic mass is 9.82. The molecule has 0 aliphatic heterocycles. The molecular weight excluding hydrogens is 651 g/mol. The van der Waals surface area contributed by atoms with E-state index in [0.717, 1.165) is 18.2 Å². The molecule has 0 aliphatic carbocycles. The fourth-order valence-electron chi connectivity index (χ4n) is 3.74. The van der Waals surface area contributed by atoms with Crippen molar-refractivity contribution in [3.8, 4) is 11.5 Å². The van der Waals surface area contributed by atoms with Crippen molar-refractivity contribution in [1.82, 2.24) is 0 Å². The Morgan fingerprint density at radius 3 is 1.73 bits per heavy atom. The van der Waals surface area contributed by atoms with Crippen LogP contribution < -0.4 is 15.4 Å². The minimum atomic E-state index is -5.18. The first-order chi connectivity index (χ1) is 19.9. The van der Waals surface area contributed by atoms with Crippen molar-refractivity contribution in [2.75, 3.05) is 10.6 Å². The zero-order valence-corrected chi connectivity index (χ0v) is 24.4. The van der Waals surface area contributed by atoms with Crippen LogP contribution in [0.2, 0.25) is 0 Å². The topological polar surface area (TPSA) is 87.7 Å². The zero-order valence-electron chi connectivity index (χ0n) is 22.8. The summed E-state index contributed by atoms with van der Waals surface area (Å²) in [6.45, 7) is 5.42. The maximum atomic E-state index is 13.5. The summed E-state index contributed by atoms with van der Waals surface area (Å²) in [7, 11) is -4.93. The van der Waals surface area contributed by atoms with Crippen LogP contribution in [0, 0.1) is 0 Å². The molecule has 0 saturated carbocycles. The standard InChI is InChI=1S/C27H23F9N2O4S2/c1-4-24(2,3)14-5-8-21(22(13-14)44(39,40)41)42-20-7-6-15(25(28,29)30)12-19(20)38-23(43)37-18-10-16(26(31,32)33)9-17(11-18)27(34,35)36/h5-13H,4H2,1-3H3,(H2,37,38,43)(H,39,40,41). The summed E-state index contributed by atoms with van der Waals surface area (Å²) >= 11 is 4.95. The van der Waals surface area contributed by atoms with E-state index in [1.807, 2.05) is 6.92 Å². The number of ether oxygens (including phenoxy) is 1. The van der Waals surface area contributed by atoms with Gasteiger partial charge in [-0.05, 0) is 78.1 Å². The number of anilines is 2. The third-order valence-electron chi connectivity index (χ3n) is 6.51. The zero-order chi connectivity index (χ0) is 33.5. The van der Waals surface area contributed by atoms with Gasteiger partial charge in [-0.3, -0.25) is 4.55 Å². The summed E-state index contributed by atoms with van der Waals surface area (Å²) in [5.41, 5.74) is -6.06. The van der Waals surface area contributed by atoms with E-state index in [4.69, 9.17) is 17.0 Å². The fraction of sp³-hybridized carbons (Fsp3) is 0.296. The minimum Gasteiger partial charge on any atom is -0.454 e. The Hall–Kier alpha value is -3.57. The summed E-state index contributed by atoms with van der Waals surface area (Å²) in [6.07, 6.45) is -14.7. The molecule has 0 amide bonds. The second-order valence-electron chi connectivity index (χ2n) is 10.1. The van der Waals surface area contributed by atoms with Gasteiger partial charge in [-0.15, -0.1) is 0 Å². The molecule has 3 N–H and O–H groups in total. The van der Waals surface area contributed by atoms with Crippen molar-refractivity contribution in [3.05, 3.63) is 76.9 Å². The molecule has 0 radical (unpaired) electrons. The predicted octanol–water partition coefficient (Wildman–Crippen LogP) is 9.28. The molecule has 0 saturated heterocycles. The van der Waals surface area contributed by atoms with Crippen molar-refractivity contribution >= 4 is 38.8 Å². The molecule has 0 heterocycles. The number of thiocarbonyl (C=S) groups is 1. The fourth-order valence-corrected chi connectivity index (χ4v) is 4.61. The first-order valence-corrected chi connectivity index (χ1v) is 14.2. The summed E-state index contributed by atoms with van der Waals surface area (Å²) in [5.74, 6) is -0.993. The van der Waals surface area contributed by atoms with Gasteiger partial charge >= 0.3 is 18.5 Å². The third kappa shape index (κ3) is 8.53. The Kier molecular flexibility index (Phi) is 9.59. The summed E-state index contributed by atoms with van der Waals surface area (Å²) in [5, 5.41) is 3.57. The molecular formula is C27H23F9N2O4S2. The predicted molar refractivity (Wildman–Crippen MR) is 147 cm³/mol. The molecule has 0 unspecified atom stereocenters. The Bertz CT molecular complexity index is 1630. The maximum absolute atomic E-state index is 13.5. The Balaban J connectivity index is 2.06. The van der Waals surface area contributed by atoms with Crippen LogP contribution in [0.4, 0.5) is 50.9 Å². The molecule has 0 atom stereocenters. The van der Waals surface area contributed by atoms with Crippen LogP contribution in [0.15, 0.2) is 59.5 Å². The number of hydrogen-bond donors (Lipinski definition) is 3. The van der Waals surface area contributed by atoms with E-state index in [1.165, 1.54) is 6.07 Å². The molecule has 0 aromatic heterocycles. The number of rotatable bonds is 7. The van der Waals surface area contributed by atoms with Crippen molar-refractivity contribution in [1.29, 1.82) is 0 Å². The van der Waals surface area contributed by atoms with Crippen LogP contribution in [-0.2, 0) is 34.1 Å². The van der Waals surface area contributed by atoms with E-state index in [0.29, 0.717) is 36.2 Å². The molecule has 0 bridgehead atoms. The van der Waals surface area contributed by atoms with Crippen LogP contribution in [0.3, 0.4) is 0 Å². The lowest BCUT2D eigenvalue weighted by molar-refractivity contribution is -0.143. The van der Waals surface area contributed by atoms with Gasteiger partial charge in [0.05, 0.1) is 22.4 Å². The number of hydrogen-bond acceptors (Lipinski definition) is 4. The van der Waals surface area contributed by atoms with E-state index in [2.05, 4.69) is 10.6 Å². The second-order valence-corrected chi connectivity index (χ2v) is 11.9. The number of halogens is 9. The molecule has 17 heteroatoms. The van der Waals surface area contributed by atoms with E-state index in [-0.39, 0.29) is 6.07 Å². The quantitative estimate of drug-likeness (QED) is 0.131. The number of alkyl halides is 9. The summed E-state index contributed by atoms with van der Waals surface area (Å²) < 4.78 is 160. The molecule has 3 aromatic rings. The molecule has 0 spiro atoms. The maximum Gasteiger partial charge on any atom is 0.416 e. The van der Waals surface area contributed by atoms with Gasteiger partial charge in [0.1, 0.15) is 10.6 Å². The molecule has 0 aliphatic rings. The van der Waals surface area contributed by atoms with Gasteiger partial charge in [-0.25, -0.2) is 0 Å². The molecule has 6 nitrogen and oxygen atoms in total. The summed E-state index contributed by atoms with van der Waals surface area (Å²) in [6, 6.07) is 6.08. The average Bonchev–Trinajstić information content (AvgIpc) is 2.87. The Morgan fingerprint density at radius 2 is 1.25 bits per heavy atom. The average molecular weight is 675 g/mol. The highest BCUT2D eigenvalue weighted by atomic mass is 32.2. The largest absolute Gasteiger partial charge is 0.454 e. The van der Waals surface area contributed by atoms with Crippen molar-refractivity contribution in [2.45, 2.75) is 56.0 Å². The molecule has 3 aromatic carbocycles. The van der Waals surface area contributed by atoms with Crippen LogP contribution in [-0.4, -0.2) is 18.1 Å². The lowest BCUT2D eigenvalue weighted by Gasteiger charge is -2.24. The van der Waals surface area contributed by atoms with Gasteiger partial charge < -0.3 is 15.4 Å². The monoisotopic (exact) mass is 674 g/mol. The van der Waals surface area contributed by atoms with Crippen LogP contribution in [0.1, 0.15) is 49.4 Å². The first kappa shape index (κ1) is 34.9. The smallest absolute Gasteiger partial charge is 0.416 e. The molecule has 240 valence electrons. The SMILES string of the molecule is CCC(C)(C)c1ccc(Oc2ccc(C(F)(F)F)cc2NC(=S)Nc2cc(C(F)(F)F)cc(C(F)(F)F)c2)c(S(=O)(=O)O)c1. The van der Waals surface area contributed by atoms with Crippen molar-refractivity contribution in [2.24, 2.45) is 0 Å². The van der Waals surface area contributed by atoms with E-state index >= 15 is 0 Å². The number of benzene rings is 3. The lowest BCUT2D eigenvalue weighted by Crippen LogP contribution is -2.21. The molecule has 0 fully saturated rings. The first-order valence-electron chi connectivity index (χ1n) is 12.3.